The van der Waals surface area contributed by atoms with E-state index in [-0.39, 0.29) is 28.6 Å². The molecule has 0 unspecified atom stereocenters. The van der Waals surface area contributed by atoms with E-state index in [1.54, 1.807) is 24.3 Å². The minimum atomic E-state index is -0.534. The topological polar surface area (TPSA) is 105 Å². The van der Waals surface area contributed by atoms with Crippen LogP contribution in [-0.4, -0.2) is 17.4 Å². The van der Waals surface area contributed by atoms with E-state index in [2.05, 4.69) is 5.32 Å². The van der Waals surface area contributed by atoms with E-state index < -0.39 is 16.6 Å². The second-order valence-corrected chi connectivity index (χ2v) is 6.92. The van der Waals surface area contributed by atoms with Gasteiger partial charge in [0.15, 0.2) is 6.61 Å². The van der Waals surface area contributed by atoms with Crippen molar-refractivity contribution in [3.63, 3.8) is 0 Å². The smallest absolute Gasteiger partial charge is 0.270 e. The van der Waals surface area contributed by atoms with Crippen LogP contribution >= 0.6 is 11.6 Å². The summed E-state index contributed by atoms with van der Waals surface area (Å²) in [6.45, 7) is -0.316. The van der Waals surface area contributed by atoms with Crippen molar-refractivity contribution in [2.75, 3.05) is 11.9 Å². The van der Waals surface area contributed by atoms with Gasteiger partial charge in [-0.25, -0.2) is 4.39 Å². The van der Waals surface area contributed by atoms with Crippen molar-refractivity contribution >= 4 is 40.5 Å². The second-order valence-electron chi connectivity index (χ2n) is 6.51. The summed E-state index contributed by atoms with van der Waals surface area (Å²) in [6.07, 6.45) is 1.54. The minimum Gasteiger partial charge on any atom is -0.482 e. The molecule has 3 aromatic carbocycles. The summed E-state index contributed by atoms with van der Waals surface area (Å²) < 4.78 is 18.3. The Hall–Kier alpha value is -4.22. The zero-order valence-corrected chi connectivity index (χ0v) is 17.2. The number of nitrogens with one attached hydrogen (secondary N) is 1. The molecule has 0 aliphatic rings. The van der Waals surface area contributed by atoms with Gasteiger partial charge in [0, 0.05) is 17.8 Å². The van der Waals surface area contributed by atoms with Gasteiger partial charge in [-0.3, -0.25) is 14.9 Å². The summed E-state index contributed by atoms with van der Waals surface area (Å²) in [7, 11) is 0. The van der Waals surface area contributed by atoms with Crippen LogP contribution in [0.4, 0.5) is 15.8 Å². The molecule has 160 valence electrons. The molecule has 7 nitrogen and oxygen atoms in total. The number of nitriles is 1. The van der Waals surface area contributed by atoms with Crippen molar-refractivity contribution in [2.24, 2.45) is 0 Å². The molecule has 0 fully saturated rings. The molecule has 32 heavy (non-hydrogen) atoms. The van der Waals surface area contributed by atoms with E-state index in [4.69, 9.17) is 16.3 Å². The molecule has 0 bridgehead atoms. The van der Waals surface area contributed by atoms with Crippen molar-refractivity contribution < 1.29 is 18.8 Å². The fraction of sp³-hybridized carbons (Fsp3) is 0.0435. The average Bonchev–Trinajstić information content (AvgIpc) is 2.78. The first-order chi connectivity index (χ1) is 15.4. The highest BCUT2D eigenvalue weighted by molar-refractivity contribution is 6.32. The second kappa shape index (κ2) is 10.2. The number of non-ortho nitro benzene ring substituents is 1. The van der Waals surface area contributed by atoms with Gasteiger partial charge in [0.05, 0.1) is 21.6 Å². The molecule has 0 saturated carbocycles. The number of ether oxygens (including phenoxy) is 1. The highest BCUT2D eigenvalue weighted by atomic mass is 35.5. The largest absolute Gasteiger partial charge is 0.482 e. The van der Waals surface area contributed by atoms with E-state index in [1.807, 2.05) is 6.07 Å². The molecule has 0 aliphatic heterocycles. The van der Waals surface area contributed by atoms with Crippen LogP contribution < -0.4 is 10.1 Å². The number of amides is 1. The lowest BCUT2D eigenvalue weighted by atomic mass is 10.0. The number of anilines is 1. The normalized spacial score (nSPS) is 10.8. The van der Waals surface area contributed by atoms with Crippen LogP contribution in [0.25, 0.3) is 11.6 Å². The number of nitro groups is 1. The minimum absolute atomic E-state index is 0.121. The van der Waals surface area contributed by atoms with E-state index in [1.165, 1.54) is 48.5 Å². The Bertz CT molecular complexity index is 1240. The number of carbonyl (C=O) groups is 1. The summed E-state index contributed by atoms with van der Waals surface area (Å²) in [5.41, 5.74) is 1.50. The third-order valence-electron chi connectivity index (χ3n) is 4.24. The van der Waals surface area contributed by atoms with E-state index in [0.29, 0.717) is 16.8 Å². The fourth-order valence-electron chi connectivity index (χ4n) is 2.73. The maximum absolute atomic E-state index is 12.9. The number of hydrogen-bond acceptors (Lipinski definition) is 5. The number of rotatable bonds is 7. The molecule has 1 N–H and O–H groups in total. The van der Waals surface area contributed by atoms with Gasteiger partial charge in [0.1, 0.15) is 11.6 Å². The Labute approximate surface area is 187 Å². The fourth-order valence-corrected chi connectivity index (χ4v) is 2.97. The van der Waals surface area contributed by atoms with Gasteiger partial charge < -0.3 is 10.1 Å². The SMILES string of the molecule is N#C/C(=C/c1ccc(OCC(=O)Nc2ccc(F)cc2)c(Cl)c1)c1cccc([N+](=O)[O-])c1. The van der Waals surface area contributed by atoms with Crippen LogP contribution in [0, 0.1) is 27.3 Å². The predicted molar refractivity (Wildman–Crippen MR) is 119 cm³/mol. The molecule has 0 spiro atoms. The van der Waals surface area contributed by atoms with Crippen LogP contribution in [0.2, 0.25) is 5.02 Å². The number of nitrogens with zero attached hydrogens (tertiary/aromatic N) is 2. The maximum Gasteiger partial charge on any atom is 0.270 e. The van der Waals surface area contributed by atoms with Gasteiger partial charge >= 0.3 is 0 Å². The number of hydrogen-bond donors (Lipinski definition) is 1. The first-order valence-electron chi connectivity index (χ1n) is 9.20. The highest BCUT2D eigenvalue weighted by Gasteiger charge is 2.11. The Kier molecular flexibility index (Phi) is 7.16. The van der Waals surface area contributed by atoms with Crippen LogP contribution in [-0.2, 0) is 4.79 Å². The Morgan fingerprint density at radius 1 is 1.19 bits per heavy atom. The maximum atomic E-state index is 12.9. The van der Waals surface area contributed by atoms with Gasteiger partial charge in [-0.2, -0.15) is 5.26 Å². The lowest BCUT2D eigenvalue weighted by Gasteiger charge is -2.09. The van der Waals surface area contributed by atoms with Crippen molar-refractivity contribution in [3.8, 4) is 11.8 Å². The quantitative estimate of drug-likeness (QED) is 0.222. The Morgan fingerprint density at radius 2 is 1.94 bits per heavy atom. The van der Waals surface area contributed by atoms with Crippen LogP contribution in [0.1, 0.15) is 11.1 Å². The summed E-state index contributed by atoms with van der Waals surface area (Å²) in [5.74, 6) is -0.605. The first kappa shape index (κ1) is 22.5. The highest BCUT2D eigenvalue weighted by Crippen LogP contribution is 2.28. The molecular formula is C23H15ClFN3O4. The number of benzene rings is 3. The zero-order valence-electron chi connectivity index (χ0n) is 16.4. The number of halogens is 2. The lowest BCUT2D eigenvalue weighted by Crippen LogP contribution is -2.20. The monoisotopic (exact) mass is 451 g/mol. The van der Waals surface area contributed by atoms with Crippen LogP contribution in [0.15, 0.2) is 66.7 Å². The standard InChI is InChI=1S/C23H15ClFN3O4/c24-21-11-15(10-17(13-26)16-2-1-3-20(12-16)28(30)31)4-9-22(21)32-14-23(29)27-19-7-5-18(25)6-8-19/h1-12H,14H2,(H,27,29)/b17-10-. The summed E-state index contributed by atoms with van der Waals surface area (Å²) in [6, 6.07) is 17.8. The zero-order chi connectivity index (χ0) is 23.1. The molecule has 0 heterocycles. The molecule has 0 atom stereocenters. The van der Waals surface area contributed by atoms with Crippen LogP contribution in [0.3, 0.4) is 0 Å². The van der Waals surface area contributed by atoms with Gasteiger partial charge in [0.25, 0.3) is 11.6 Å². The molecule has 1 amide bonds. The molecule has 0 radical (unpaired) electrons. The van der Waals surface area contributed by atoms with E-state index in [0.717, 1.165) is 0 Å². The first-order valence-corrected chi connectivity index (χ1v) is 9.58. The number of allylic oxidation sites excluding steroid dienone is 1. The lowest BCUT2D eigenvalue weighted by molar-refractivity contribution is -0.384. The van der Waals surface area contributed by atoms with Gasteiger partial charge in [-0.1, -0.05) is 29.8 Å². The van der Waals surface area contributed by atoms with Gasteiger partial charge in [-0.05, 0) is 53.6 Å². The van der Waals surface area contributed by atoms with Crippen molar-refractivity contribution in [2.45, 2.75) is 0 Å². The van der Waals surface area contributed by atoms with E-state index >= 15 is 0 Å². The molecule has 0 aromatic heterocycles. The molecule has 0 saturated heterocycles. The Balaban J connectivity index is 1.69. The predicted octanol–water partition coefficient (Wildman–Crippen LogP) is 5.47. The van der Waals surface area contributed by atoms with Gasteiger partial charge in [0.2, 0.25) is 0 Å². The van der Waals surface area contributed by atoms with Crippen molar-refractivity contribution in [1.29, 1.82) is 5.26 Å². The molecule has 3 rings (SSSR count). The summed E-state index contributed by atoms with van der Waals surface area (Å²) >= 11 is 6.23. The summed E-state index contributed by atoms with van der Waals surface area (Å²) in [5, 5.41) is 23.2. The Morgan fingerprint density at radius 3 is 2.59 bits per heavy atom. The van der Waals surface area contributed by atoms with Crippen LogP contribution in [0.5, 0.6) is 5.75 Å². The summed E-state index contributed by atoms with van der Waals surface area (Å²) in [4.78, 5) is 22.4. The third kappa shape index (κ3) is 5.90. The van der Waals surface area contributed by atoms with Gasteiger partial charge in [-0.15, -0.1) is 0 Å². The third-order valence-corrected chi connectivity index (χ3v) is 4.54. The molecule has 9 heteroatoms. The van der Waals surface area contributed by atoms with Crippen molar-refractivity contribution in [1.82, 2.24) is 0 Å². The number of carbonyl (C=O) groups excluding carboxylic acids is 1. The number of nitro benzene ring substituents is 1. The molecule has 0 aliphatic carbocycles. The van der Waals surface area contributed by atoms with Crippen molar-refractivity contribution in [3.05, 3.63) is 98.8 Å². The molecular weight excluding hydrogens is 437 g/mol. The average molecular weight is 452 g/mol. The van der Waals surface area contributed by atoms with E-state index in [9.17, 15) is 24.6 Å². The molecule has 3 aromatic rings.